The predicted octanol–water partition coefficient (Wildman–Crippen LogP) is 1.26. The van der Waals surface area contributed by atoms with Gasteiger partial charge in [0.2, 0.25) is 0 Å². The molecule has 1 aliphatic rings. The second kappa shape index (κ2) is 11.3. The van der Waals surface area contributed by atoms with Crippen molar-refractivity contribution in [3.8, 4) is 0 Å². The van der Waals surface area contributed by atoms with Crippen LogP contribution in [0.1, 0.15) is 72.6 Å². The summed E-state index contributed by atoms with van der Waals surface area (Å²) in [6.45, 7) is 12.2. The first kappa shape index (κ1) is 21.7. The minimum atomic E-state index is -0.175. The number of carbonyl (C=O) groups excluding carboxylic acids is 1. The summed E-state index contributed by atoms with van der Waals surface area (Å²) in [5.41, 5.74) is -0.175. The van der Waals surface area contributed by atoms with Gasteiger partial charge in [0.15, 0.2) is 0 Å². The van der Waals surface area contributed by atoms with Gasteiger partial charge in [-0.25, -0.2) is 0 Å². The average molecular weight is 333 g/mol. The molecule has 1 fully saturated rings. The molecule has 0 heterocycles. The Labute approximate surface area is 143 Å². The third kappa shape index (κ3) is 6.87. The number of halogens is 1. The van der Waals surface area contributed by atoms with Crippen LogP contribution in [0.2, 0.25) is 0 Å². The van der Waals surface area contributed by atoms with E-state index in [-0.39, 0.29) is 23.8 Å². The third-order valence-electron chi connectivity index (χ3n) is 4.98. The molecule has 0 saturated heterocycles. The van der Waals surface area contributed by atoms with E-state index in [1.165, 1.54) is 19.3 Å². The highest BCUT2D eigenvalue weighted by Crippen LogP contribution is 2.42. The van der Waals surface area contributed by atoms with Gasteiger partial charge in [0, 0.05) is 6.54 Å². The maximum Gasteiger partial charge on any atom is 0.312 e. The summed E-state index contributed by atoms with van der Waals surface area (Å²) < 4.78 is 5.67. The van der Waals surface area contributed by atoms with E-state index in [2.05, 4.69) is 32.6 Å². The number of esters is 1. The summed E-state index contributed by atoms with van der Waals surface area (Å²) in [6.07, 6.45) is 7.84. The number of likely N-dealkylation sites (N-methyl/N-ethyl adjacent to an activating group) is 1. The smallest absolute Gasteiger partial charge is 0.312 e. The molecule has 0 bridgehead atoms. The van der Waals surface area contributed by atoms with E-state index in [0.29, 0.717) is 12.5 Å². The molecule has 0 aromatic rings. The van der Waals surface area contributed by atoms with Crippen molar-refractivity contribution in [1.82, 2.24) is 4.90 Å². The van der Waals surface area contributed by atoms with Crippen molar-refractivity contribution in [2.24, 2.45) is 11.3 Å². The molecule has 0 atom stereocenters. The van der Waals surface area contributed by atoms with Gasteiger partial charge in [-0.2, -0.15) is 0 Å². The van der Waals surface area contributed by atoms with Crippen molar-refractivity contribution >= 4 is 5.97 Å². The van der Waals surface area contributed by atoms with E-state index < -0.39 is 0 Å². The summed E-state index contributed by atoms with van der Waals surface area (Å²) >= 11 is 0. The third-order valence-corrected chi connectivity index (χ3v) is 4.98. The molecule has 132 valence electrons. The number of rotatable bonds is 9. The SMILES string of the molecule is CCN(CC)CCOC(=O)C1(CCC(C)C)CCCCC1.[Cl-]. The molecule has 0 aromatic carbocycles. The first-order chi connectivity index (χ1) is 10.0. The van der Waals surface area contributed by atoms with Crippen molar-refractivity contribution in [2.75, 3.05) is 26.2 Å². The summed E-state index contributed by atoms with van der Waals surface area (Å²) in [4.78, 5) is 15.0. The second-order valence-corrected chi connectivity index (χ2v) is 6.94. The zero-order valence-electron chi connectivity index (χ0n) is 15.0. The molecule has 0 spiro atoms. The van der Waals surface area contributed by atoms with Gasteiger partial charge in [-0.3, -0.25) is 4.79 Å². The van der Waals surface area contributed by atoms with E-state index in [4.69, 9.17) is 4.74 Å². The lowest BCUT2D eigenvalue weighted by Crippen LogP contribution is -3.00. The van der Waals surface area contributed by atoms with Crippen LogP contribution in [0.5, 0.6) is 0 Å². The Bertz CT molecular complexity index is 297. The van der Waals surface area contributed by atoms with E-state index in [1.54, 1.807) is 0 Å². The van der Waals surface area contributed by atoms with Crippen molar-refractivity contribution < 1.29 is 21.9 Å². The van der Waals surface area contributed by atoms with Crippen LogP contribution in [-0.2, 0) is 9.53 Å². The molecule has 4 heteroatoms. The lowest BCUT2D eigenvalue weighted by molar-refractivity contribution is -0.159. The highest BCUT2D eigenvalue weighted by Gasteiger charge is 2.40. The maximum absolute atomic E-state index is 12.7. The van der Waals surface area contributed by atoms with E-state index in [1.807, 2.05) is 0 Å². The highest BCUT2D eigenvalue weighted by molar-refractivity contribution is 5.77. The summed E-state index contributed by atoms with van der Waals surface area (Å²) in [6, 6.07) is 0. The fraction of sp³-hybridized carbons (Fsp3) is 0.944. The molecule has 0 amide bonds. The molecule has 22 heavy (non-hydrogen) atoms. The fourth-order valence-corrected chi connectivity index (χ4v) is 3.31. The monoisotopic (exact) mass is 332 g/mol. The summed E-state index contributed by atoms with van der Waals surface area (Å²) in [5.74, 6) is 0.738. The molecule has 1 rings (SSSR count). The van der Waals surface area contributed by atoms with Crippen LogP contribution in [0.3, 0.4) is 0 Å². The van der Waals surface area contributed by atoms with Gasteiger partial charge >= 0.3 is 5.97 Å². The van der Waals surface area contributed by atoms with Crippen LogP contribution in [0.4, 0.5) is 0 Å². The standard InChI is InChI=1S/C18H35NO2.ClH/c1-5-19(6-2)14-15-21-17(20)18(13-10-16(3)4)11-8-7-9-12-18;/h16H,5-15H2,1-4H3;1H/p-1. The van der Waals surface area contributed by atoms with Crippen molar-refractivity contribution in [2.45, 2.75) is 72.6 Å². The quantitative estimate of drug-likeness (QED) is 0.595. The minimum absolute atomic E-state index is 0. The van der Waals surface area contributed by atoms with Gasteiger partial charge < -0.3 is 22.0 Å². The molecule has 0 N–H and O–H groups in total. The maximum atomic E-state index is 12.7. The molecule has 0 aliphatic heterocycles. The lowest BCUT2D eigenvalue weighted by atomic mass is 9.70. The van der Waals surface area contributed by atoms with Crippen LogP contribution < -0.4 is 12.4 Å². The molecular formula is C18H35ClNO2-. The van der Waals surface area contributed by atoms with Crippen LogP contribution in [0, 0.1) is 11.3 Å². The predicted molar refractivity (Wildman–Crippen MR) is 88.3 cm³/mol. The topological polar surface area (TPSA) is 29.5 Å². The summed E-state index contributed by atoms with van der Waals surface area (Å²) in [5, 5.41) is 0. The molecule has 1 saturated carbocycles. The van der Waals surface area contributed by atoms with Crippen molar-refractivity contribution in [1.29, 1.82) is 0 Å². The number of nitrogens with zero attached hydrogens (tertiary/aromatic N) is 1. The largest absolute Gasteiger partial charge is 1.00 e. The van der Waals surface area contributed by atoms with Gasteiger partial charge in [-0.15, -0.1) is 0 Å². The van der Waals surface area contributed by atoms with E-state index in [9.17, 15) is 4.79 Å². The van der Waals surface area contributed by atoms with Gasteiger partial charge in [0.05, 0.1) is 5.41 Å². The molecule has 0 unspecified atom stereocenters. The van der Waals surface area contributed by atoms with E-state index >= 15 is 0 Å². The molecule has 3 nitrogen and oxygen atoms in total. The number of ether oxygens (including phenoxy) is 1. The number of hydrogen-bond donors (Lipinski definition) is 0. The van der Waals surface area contributed by atoms with E-state index in [0.717, 1.165) is 45.3 Å². The highest BCUT2D eigenvalue weighted by atomic mass is 35.5. The zero-order chi connectivity index (χ0) is 15.7. The van der Waals surface area contributed by atoms with Gasteiger partial charge in [-0.1, -0.05) is 47.0 Å². The van der Waals surface area contributed by atoms with Gasteiger partial charge in [-0.05, 0) is 44.7 Å². The lowest BCUT2D eigenvalue weighted by Gasteiger charge is -2.35. The average Bonchev–Trinajstić information content (AvgIpc) is 2.50. The van der Waals surface area contributed by atoms with Crippen LogP contribution in [-0.4, -0.2) is 37.1 Å². The fourth-order valence-electron chi connectivity index (χ4n) is 3.31. The van der Waals surface area contributed by atoms with Gasteiger partial charge in [0.1, 0.15) is 6.61 Å². The van der Waals surface area contributed by atoms with Crippen LogP contribution >= 0.6 is 0 Å². The Morgan fingerprint density at radius 1 is 1.14 bits per heavy atom. The molecular weight excluding hydrogens is 298 g/mol. The van der Waals surface area contributed by atoms with Crippen LogP contribution in [0.25, 0.3) is 0 Å². The molecule has 0 radical (unpaired) electrons. The van der Waals surface area contributed by atoms with Gasteiger partial charge in [0.25, 0.3) is 0 Å². The Hall–Kier alpha value is -0.280. The Morgan fingerprint density at radius 3 is 2.23 bits per heavy atom. The Balaban J connectivity index is 0.00000441. The first-order valence-corrected chi connectivity index (χ1v) is 8.93. The first-order valence-electron chi connectivity index (χ1n) is 8.93. The Morgan fingerprint density at radius 2 is 1.73 bits per heavy atom. The normalized spacial score (nSPS) is 17.4. The van der Waals surface area contributed by atoms with Crippen molar-refractivity contribution in [3.63, 3.8) is 0 Å². The molecule has 1 aliphatic carbocycles. The van der Waals surface area contributed by atoms with Crippen LogP contribution in [0.15, 0.2) is 0 Å². The second-order valence-electron chi connectivity index (χ2n) is 6.94. The zero-order valence-corrected chi connectivity index (χ0v) is 15.8. The number of hydrogen-bond acceptors (Lipinski definition) is 3. The Kier molecular flexibility index (Phi) is 11.1. The number of carbonyl (C=O) groups is 1. The summed E-state index contributed by atoms with van der Waals surface area (Å²) in [7, 11) is 0. The molecule has 0 aromatic heterocycles. The van der Waals surface area contributed by atoms with Crippen molar-refractivity contribution in [3.05, 3.63) is 0 Å². The minimum Gasteiger partial charge on any atom is -1.00 e.